The second-order valence-corrected chi connectivity index (χ2v) is 8.96. The first kappa shape index (κ1) is 20.6. The van der Waals surface area contributed by atoms with Gasteiger partial charge in [0.1, 0.15) is 0 Å². The van der Waals surface area contributed by atoms with Gasteiger partial charge in [0.15, 0.2) is 0 Å². The van der Waals surface area contributed by atoms with Crippen molar-refractivity contribution in [3.05, 3.63) is 52.8 Å². The first-order valence-electron chi connectivity index (χ1n) is 11.1. The van der Waals surface area contributed by atoms with Crippen LogP contribution in [-0.4, -0.2) is 90.6 Å². The van der Waals surface area contributed by atoms with Gasteiger partial charge in [0.25, 0.3) is 0 Å². The maximum atomic E-state index is 2.64. The van der Waals surface area contributed by atoms with E-state index in [0.717, 1.165) is 13.1 Å². The number of likely N-dealkylation sites (N-methyl/N-ethyl adjacent to an activating group) is 2. The van der Waals surface area contributed by atoms with Crippen LogP contribution in [-0.2, 0) is 13.1 Å². The molecule has 2 aromatic rings. The van der Waals surface area contributed by atoms with Crippen LogP contribution in [0.15, 0.2) is 30.3 Å². The summed E-state index contributed by atoms with van der Waals surface area (Å²) >= 11 is 0. The van der Waals surface area contributed by atoms with Gasteiger partial charge >= 0.3 is 0 Å². The average Bonchev–Trinajstić information content (AvgIpc) is 2.96. The van der Waals surface area contributed by atoms with E-state index in [0.29, 0.717) is 0 Å². The van der Waals surface area contributed by atoms with Gasteiger partial charge in [0.05, 0.1) is 0 Å². The fraction of sp³-hybridized carbons (Fsp3) is 0.583. The van der Waals surface area contributed by atoms with E-state index in [1.54, 1.807) is 11.1 Å². The molecule has 5 heteroatoms. The Balaban J connectivity index is 1.65. The number of piperazine rings is 2. The molecule has 1 aromatic carbocycles. The molecule has 0 aliphatic carbocycles. The summed E-state index contributed by atoms with van der Waals surface area (Å²) in [5.74, 6) is 0. The van der Waals surface area contributed by atoms with Crippen LogP contribution < -0.4 is 0 Å². The Hall–Kier alpha value is -1.66. The third-order valence-electron chi connectivity index (χ3n) is 6.88. The lowest BCUT2D eigenvalue weighted by Crippen LogP contribution is -2.45. The molecule has 0 saturated carbocycles. The first-order valence-corrected chi connectivity index (χ1v) is 11.1. The van der Waals surface area contributed by atoms with Gasteiger partial charge in [-0.2, -0.15) is 0 Å². The molecular formula is C24H37N5. The van der Waals surface area contributed by atoms with Crippen LogP contribution in [0.4, 0.5) is 0 Å². The lowest BCUT2D eigenvalue weighted by Gasteiger charge is -2.34. The molecule has 1 aromatic heterocycles. The van der Waals surface area contributed by atoms with Crippen molar-refractivity contribution in [1.82, 2.24) is 24.2 Å². The minimum atomic E-state index is 1.07. The van der Waals surface area contributed by atoms with Crippen molar-refractivity contribution in [2.75, 3.05) is 66.5 Å². The molecule has 3 heterocycles. The molecule has 0 N–H and O–H groups in total. The van der Waals surface area contributed by atoms with Gasteiger partial charge in [-0.25, -0.2) is 0 Å². The summed E-state index contributed by atoms with van der Waals surface area (Å²) in [6.45, 7) is 16.1. The van der Waals surface area contributed by atoms with Gasteiger partial charge in [-0.1, -0.05) is 18.2 Å². The highest BCUT2D eigenvalue weighted by Crippen LogP contribution is 2.29. The zero-order valence-electron chi connectivity index (χ0n) is 18.7. The number of nitrogens with zero attached hydrogens (tertiary/aromatic N) is 5. The second kappa shape index (κ2) is 9.00. The van der Waals surface area contributed by atoms with Gasteiger partial charge in [-0.05, 0) is 51.2 Å². The number of benzene rings is 1. The highest BCUT2D eigenvalue weighted by atomic mass is 15.3. The Morgan fingerprint density at radius 3 is 1.45 bits per heavy atom. The third kappa shape index (κ3) is 4.58. The largest absolute Gasteiger partial charge is 0.318 e. The van der Waals surface area contributed by atoms with Gasteiger partial charge in [0.2, 0.25) is 0 Å². The van der Waals surface area contributed by atoms with Crippen LogP contribution in [0.1, 0.15) is 22.5 Å². The lowest BCUT2D eigenvalue weighted by atomic mass is 10.1. The molecule has 0 atom stereocenters. The summed E-state index contributed by atoms with van der Waals surface area (Å²) < 4.78 is 2.48. The standard InChI is InChI=1S/C24H37N5/c1-20-23(18-27-14-10-25(3)11-15-27)24(19-28-16-12-26(4)13-17-28)21(2)29(20)22-8-6-5-7-9-22/h5-9H,10-19H2,1-4H3. The number of rotatable bonds is 5. The summed E-state index contributed by atoms with van der Waals surface area (Å²) in [5.41, 5.74) is 7.21. The molecule has 2 aliphatic rings. The predicted octanol–water partition coefficient (Wildman–Crippen LogP) is 2.59. The summed E-state index contributed by atoms with van der Waals surface area (Å²) in [6, 6.07) is 10.9. The monoisotopic (exact) mass is 395 g/mol. The molecule has 0 radical (unpaired) electrons. The summed E-state index contributed by atoms with van der Waals surface area (Å²) in [6.07, 6.45) is 0. The van der Waals surface area contributed by atoms with Crippen LogP contribution in [0.3, 0.4) is 0 Å². The SMILES string of the molecule is Cc1c(CN2CCN(C)CC2)c(CN2CCN(C)CC2)c(C)n1-c1ccccc1. The molecular weight excluding hydrogens is 358 g/mol. The van der Waals surface area contributed by atoms with Crippen LogP contribution >= 0.6 is 0 Å². The molecule has 5 nitrogen and oxygen atoms in total. The lowest BCUT2D eigenvalue weighted by molar-refractivity contribution is 0.141. The predicted molar refractivity (Wildman–Crippen MR) is 121 cm³/mol. The van der Waals surface area contributed by atoms with Crippen molar-refractivity contribution in [3.63, 3.8) is 0 Å². The number of para-hydroxylation sites is 1. The van der Waals surface area contributed by atoms with Crippen LogP contribution in [0.2, 0.25) is 0 Å². The van der Waals surface area contributed by atoms with E-state index in [9.17, 15) is 0 Å². The maximum absolute atomic E-state index is 2.64. The molecule has 0 spiro atoms. The van der Waals surface area contributed by atoms with Crippen molar-refractivity contribution in [1.29, 1.82) is 0 Å². The second-order valence-electron chi connectivity index (χ2n) is 8.96. The number of hydrogen-bond acceptors (Lipinski definition) is 4. The van der Waals surface area contributed by atoms with Crippen molar-refractivity contribution in [3.8, 4) is 5.69 Å². The smallest absolute Gasteiger partial charge is 0.0455 e. The summed E-state index contributed by atoms with van der Waals surface area (Å²) in [5, 5.41) is 0. The Labute approximate surface area is 176 Å². The van der Waals surface area contributed by atoms with Gasteiger partial charge in [-0.15, -0.1) is 0 Å². The number of hydrogen-bond donors (Lipinski definition) is 0. The zero-order valence-corrected chi connectivity index (χ0v) is 18.7. The van der Waals surface area contributed by atoms with Crippen molar-refractivity contribution < 1.29 is 0 Å². The van der Waals surface area contributed by atoms with Crippen molar-refractivity contribution in [2.24, 2.45) is 0 Å². The summed E-state index contributed by atoms with van der Waals surface area (Å²) in [7, 11) is 4.47. The topological polar surface area (TPSA) is 17.9 Å². The number of aromatic nitrogens is 1. The molecule has 2 aliphatic heterocycles. The highest BCUT2D eigenvalue weighted by molar-refractivity contribution is 5.46. The molecule has 0 amide bonds. The van der Waals surface area contributed by atoms with Crippen LogP contribution in [0.5, 0.6) is 0 Å². The fourth-order valence-electron chi connectivity index (χ4n) is 4.80. The van der Waals surface area contributed by atoms with E-state index < -0.39 is 0 Å². The maximum Gasteiger partial charge on any atom is 0.0455 e. The quantitative estimate of drug-likeness (QED) is 0.774. The Bertz CT molecular complexity index is 749. The molecule has 2 saturated heterocycles. The van der Waals surface area contributed by atoms with Gasteiger partial charge in [0, 0.05) is 82.5 Å². The summed E-state index contributed by atoms with van der Waals surface area (Å²) in [4.78, 5) is 10.2. The Morgan fingerprint density at radius 2 is 1.03 bits per heavy atom. The first-order chi connectivity index (χ1) is 14.0. The van der Waals surface area contributed by atoms with E-state index in [1.165, 1.54) is 69.4 Å². The average molecular weight is 396 g/mol. The van der Waals surface area contributed by atoms with Crippen molar-refractivity contribution in [2.45, 2.75) is 26.9 Å². The van der Waals surface area contributed by atoms with E-state index >= 15 is 0 Å². The molecule has 29 heavy (non-hydrogen) atoms. The van der Waals surface area contributed by atoms with Gasteiger partial charge < -0.3 is 14.4 Å². The van der Waals surface area contributed by atoms with E-state index in [-0.39, 0.29) is 0 Å². The van der Waals surface area contributed by atoms with E-state index in [4.69, 9.17) is 0 Å². The molecule has 158 valence electrons. The molecule has 0 bridgehead atoms. The third-order valence-corrected chi connectivity index (χ3v) is 6.88. The van der Waals surface area contributed by atoms with Gasteiger partial charge in [-0.3, -0.25) is 9.80 Å². The fourth-order valence-corrected chi connectivity index (χ4v) is 4.80. The zero-order chi connectivity index (χ0) is 20.4. The van der Waals surface area contributed by atoms with E-state index in [1.807, 2.05) is 0 Å². The minimum Gasteiger partial charge on any atom is -0.318 e. The molecule has 2 fully saturated rings. The Morgan fingerprint density at radius 1 is 0.621 bits per heavy atom. The highest BCUT2D eigenvalue weighted by Gasteiger charge is 2.24. The van der Waals surface area contributed by atoms with Crippen molar-refractivity contribution >= 4 is 0 Å². The Kier molecular flexibility index (Phi) is 6.40. The van der Waals surface area contributed by atoms with Crippen LogP contribution in [0.25, 0.3) is 5.69 Å². The molecule has 4 rings (SSSR count). The molecule has 0 unspecified atom stereocenters. The normalized spacial score (nSPS) is 20.4. The van der Waals surface area contributed by atoms with E-state index in [2.05, 4.69) is 82.4 Å². The van der Waals surface area contributed by atoms with Crippen LogP contribution in [0, 0.1) is 13.8 Å². The minimum absolute atomic E-state index is 1.07.